The van der Waals surface area contributed by atoms with E-state index in [0.29, 0.717) is 33.1 Å². The lowest BCUT2D eigenvalue weighted by atomic mass is 10.2. The van der Waals surface area contributed by atoms with Gasteiger partial charge >= 0.3 is 0 Å². The predicted molar refractivity (Wildman–Crippen MR) is 85.3 cm³/mol. The molecule has 0 atom stereocenters. The third-order valence-electron chi connectivity index (χ3n) is 2.63. The molecule has 2 rings (SSSR count). The van der Waals surface area contributed by atoms with E-state index in [-0.39, 0.29) is 0 Å². The van der Waals surface area contributed by atoms with Gasteiger partial charge in [0.1, 0.15) is 11.1 Å². The number of benzene rings is 1. The highest BCUT2D eigenvalue weighted by molar-refractivity contribution is 6.33. The Balaban J connectivity index is 2.31. The molecule has 0 aliphatic rings. The van der Waals surface area contributed by atoms with Crippen molar-refractivity contribution in [1.82, 2.24) is 9.97 Å². The summed E-state index contributed by atoms with van der Waals surface area (Å²) in [5, 5.41) is 16.1. The van der Waals surface area contributed by atoms with E-state index in [0.717, 1.165) is 13.0 Å². The lowest BCUT2D eigenvalue weighted by Crippen LogP contribution is -2.06. The molecule has 0 aliphatic heterocycles. The minimum absolute atomic E-state index is 0.362. The zero-order valence-corrected chi connectivity index (χ0v) is 12.8. The molecule has 0 aliphatic carbocycles. The monoisotopic (exact) mass is 321 g/mol. The van der Waals surface area contributed by atoms with Crippen molar-refractivity contribution in [2.75, 3.05) is 17.2 Å². The van der Waals surface area contributed by atoms with Crippen molar-refractivity contribution < 1.29 is 0 Å². The van der Waals surface area contributed by atoms with Crippen LogP contribution in [0.3, 0.4) is 0 Å². The first kappa shape index (κ1) is 15.4. The molecule has 0 radical (unpaired) electrons. The largest absolute Gasteiger partial charge is 0.354 e. The van der Waals surface area contributed by atoms with E-state index in [1.807, 2.05) is 6.92 Å². The molecule has 0 amide bonds. The fourth-order valence-electron chi connectivity index (χ4n) is 1.62. The van der Waals surface area contributed by atoms with Crippen LogP contribution in [0.25, 0.3) is 0 Å². The summed E-state index contributed by atoms with van der Waals surface area (Å²) >= 11 is 12.0. The normalized spacial score (nSPS) is 10.0. The molecular weight excluding hydrogens is 309 g/mol. The highest BCUT2D eigenvalue weighted by Crippen LogP contribution is 2.27. The van der Waals surface area contributed by atoms with Crippen LogP contribution in [0.4, 0.5) is 17.5 Å². The molecule has 108 valence electrons. The lowest BCUT2D eigenvalue weighted by Gasteiger charge is -2.11. The summed E-state index contributed by atoms with van der Waals surface area (Å²) in [6.07, 6.45) is 2.47. The van der Waals surface area contributed by atoms with E-state index in [1.54, 1.807) is 18.2 Å². The highest BCUT2D eigenvalue weighted by atomic mass is 35.5. The van der Waals surface area contributed by atoms with Crippen LogP contribution in [0.5, 0.6) is 0 Å². The molecule has 21 heavy (non-hydrogen) atoms. The van der Waals surface area contributed by atoms with Crippen LogP contribution in [0.1, 0.15) is 18.9 Å². The molecule has 1 aromatic carbocycles. The zero-order chi connectivity index (χ0) is 15.2. The molecular formula is C14H13Cl2N5. The van der Waals surface area contributed by atoms with Crippen molar-refractivity contribution in [1.29, 1.82) is 5.26 Å². The van der Waals surface area contributed by atoms with Crippen LogP contribution in [0, 0.1) is 11.3 Å². The van der Waals surface area contributed by atoms with E-state index in [1.165, 1.54) is 6.20 Å². The van der Waals surface area contributed by atoms with E-state index in [2.05, 4.69) is 26.7 Å². The minimum atomic E-state index is 0.362. The van der Waals surface area contributed by atoms with E-state index < -0.39 is 0 Å². The molecule has 2 aromatic rings. The molecule has 0 fully saturated rings. The average molecular weight is 322 g/mol. The number of nitrogens with zero attached hydrogens (tertiary/aromatic N) is 3. The Labute approximate surface area is 132 Å². The Bertz CT molecular complexity index is 682. The molecule has 0 spiro atoms. The van der Waals surface area contributed by atoms with Crippen molar-refractivity contribution in [3.05, 3.63) is 40.0 Å². The van der Waals surface area contributed by atoms with Gasteiger partial charge in [0.25, 0.3) is 0 Å². The second kappa shape index (κ2) is 7.11. The summed E-state index contributed by atoms with van der Waals surface area (Å²) in [6, 6.07) is 7.03. The Kier molecular flexibility index (Phi) is 5.20. The zero-order valence-electron chi connectivity index (χ0n) is 11.3. The van der Waals surface area contributed by atoms with Crippen molar-refractivity contribution in [2.45, 2.75) is 13.3 Å². The first-order valence-electron chi connectivity index (χ1n) is 6.37. The van der Waals surface area contributed by atoms with Crippen LogP contribution in [0.2, 0.25) is 10.0 Å². The average Bonchev–Trinajstić information content (AvgIpc) is 2.48. The van der Waals surface area contributed by atoms with Gasteiger partial charge in [-0.3, -0.25) is 0 Å². The second-order valence-electron chi connectivity index (χ2n) is 4.24. The number of rotatable bonds is 5. The summed E-state index contributed by atoms with van der Waals surface area (Å²) in [7, 11) is 0. The van der Waals surface area contributed by atoms with Gasteiger partial charge in [0.05, 0.1) is 17.4 Å². The minimum Gasteiger partial charge on any atom is -0.354 e. The third-order valence-corrected chi connectivity index (χ3v) is 3.14. The van der Waals surface area contributed by atoms with Gasteiger partial charge < -0.3 is 10.6 Å². The summed E-state index contributed by atoms with van der Waals surface area (Å²) in [5.74, 6) is 0.897. The smallest absolute Gasteiger partial charge is 0.224 e. The van der Waals surface area contributed by atoms with Gasteiger partial charge in [-0.2, -0.15) is 10.2 Å². The van der Waals surface area contributed by atoms with Gasteiger partial charge in [0.2, 0.25) is 5.95 Å². The Morgan fingerprint density at radius 1 is 1.33 bits per heavy atom. The number of hydrogen-bond acceptors (Lipinski definition) is 5. The van der Waals surface area contributed by atoms with E-state index in [4.69, 9.17) is 28.5 Å². The molecule has 0 saturated heterocycles. The summed E-state index contributed by atoms with van der Waals surface area (Å²) < 4.78 is 0. The molecule has 0 bridgehead atoms. The molecule has 2 N–H and O–H groups in total. The topological polar surface area (TPSA) is 73.6 Å². The summed E-state index contributed by atoms with van der Waals surface area (Å²) in [5.41, 5.74) is 1.00. The summed E-state index contributed by atoms with van der Waals surface area (Å²) in [6.45, 7) is 2.81. The van der Waals surface area contributed by atoms with E-state index >= 15 is 0 Å². The van der Waals surface area contributed by atoms with Gasteiger partial charge in [0.15, 0.2) is 5.82 Å². The fraction of sp³-hybridized carbons (Fsp3) is 0.214. The van der Waals surface area contributed by atoms with Crippen molar-refractivity contribution in [3.8, 4) is 6.07 Å². The maximum atomic E-state index is 9.12. The number of aromatic nitrogens is 2. The first-order valence-corrected chi connectivity index (χ1v) is 7.12. The maximum absolute atomic E-state index is 9.12. The molecule has 7 heteroatoms. The number of nitriles is 1. The SMILES string of the molecule is CCCNc1ncc(Cl)c(Nc2cc(Cl)ccc2C#N)n1. The quantitative estimate of drug-likeness (QED) is 0.862. The van der Waals surface area contributed by atoms with Crippen molar-refractivity contribution >= 4 is 40.7 Å². The van der Waals surface area contributed by atoms with Crippen molar-refractivity contribution in [3.63, 3.8) is 0 Å². The molecule has 1 heterocycles. The molecule has 0 saturated carbocycles. The Morgan fingerprint density at radius 3 is 2.86 bits per heavy atom. The Morgan fingerprint density at radius 2 is 2.14 bits per heavy atom. The highest BCUT2D eigenvalue weighted by Gasteiger charge is 2.09. The second-order valence-corrected chi connectivity index (χ2v) is 5.09. The summed E-state index contributed by atoms with van der Waals surface area (Å²) in [4.78, 5) is 8.39. The predicted octanol–water partition coefficient (Wildman–Crippen LogP) is 4.22. The molecule has 1 aromatic heterocycles. The van der Waals surface area contributed by atoms with Gasteiger partial charge in [-0.1, -0.05) is 30.1 Å². The lowest BCUT2D eigenvalue weighted by molar-refractivity contribution is 0.953. The van der Waals surface area contributed by atoms with Gasteiger partial charge in [-0.05, 0) is 24.6 Å². The van der Waals surface area contributed by atoms with E-state index in [9.17, 15) is 0 Å². The maximum Gasteiger partial charge on any atom is 0.224 e. The van der Waals surface area contributed by atoms with Crippen molar-refractivity contribution in [2.24, 2.45) is 0 Å². The van der Waals surface area contributed by atoms with Crippen LogP contribution in [-0.2, 0) is 0 Å². The van der Waals surface area contributed by atoms with Crippen LogP contribution in [0.15, 0.2) is 24.4 Å². The van der Waals surface area contributed by atoms with Crippen LogP contribution >= 0.6 is 23.2 Å². The van der Waals surface area contributed by atoms with Gasteiger partial charge in [-0.15, -0.1) is 0 Å². The molecule has 0 unspecified atom stereocenters. The van der Waals surface area contributed by atoms with Gasteiger partial charge in [0, 0.05) is 11.6 Å². The Hall–Kier alpha value is -2.03. The number of nitrogens with one attached hydrogen (secondary N) is 2. The van der Waals surface area contributed by atoms with Crippen LogP contribution < -0.4 is 10.6 Å². The molecule has 5 nitrogen and oxygen atoms in total. The standard InChI is InChI=1S/C14H13Cl2N5/c1-2-5-18-14-19-8-11(16)13(21-14)20-12-6-10(15)4-3-9(12)7-17/h3-4,6,8H,2,5H2,1H3,(H2,18,19,20,21). The number of anilines is 3. The third kappa shape index (κ3) is 3.97. The van der Waals surface area contributed by atoms with Crippen LogP contribution in [-0.4, -0.2) is 16.5 Å². The van der Waals surface area contributed by atoms with Gasteiger partial charge in [-0.25, -0.2) is 4.98 Å². The first-order chi connectivity index (χ1) is 10.1. The number of hydrogen-bond donors (Lipinski definition) is 2. The number of halogens is 2. The fourth-order valence-corrected chi connectivity index (χ4v) is 1.93.